The molecule has 10 heteroatoms. The number of primary sulfonamides is 1. The van der Waals surface area contributed by atoms with E-state index in [-0.39, 0.29) is 28.7 Å². The van der Waals surface area contributed by atoms with Crippen molar-refractivity contribution >= 4 is 40.1 Å². The molecule has 0 heterocycles. The van der Waals surface area contributed by atoms with Gasteiger partial charge in [0.15, 0.2) is 0 Å². The van der Waals surface area contributed by atoms with Gasteiger partial charge in [-0.05, 0) is 49.9 Å². The number of amides is 1. The van der Waals surface area contributed by atoms with E-state index < -0.39 is 10.0 Å². The summed E-state index contributed by atoms with van der Waals surface area (Å²) in [5.74, 6) is 2.04. The average Bonchev–Trinajstić information content (AvgIpc) is 3.39. The molecule has 0 radical (unpaired) electrons. The van der Waals surface area contributed by atoms with Gasteiger partial charge in [0, 0.05) is 12.3 Å². The van der Waals surface area contributed by atoms with Crippen molar-refractivity contribution in [3.63, 3.8) is 0 Å². The molecule has 0 spiro atoms. The maximum Gasteiger partial charge on any atom is 0.238 e. The predicted octanol–water partition coefficient (Wildman–Crippen LogP) is 1.11. The van der Waals surface area contributed by atoms with Crippen LogP contribution in [-0.2, 0) is 14.8 Å². The molecule has 1 aromatic rings. The number of benzene rings is 1. The molecule has 0 saturated heterocycles. The number of sulfonamides is 1. The fraction of sp³-hybridized carbons (Fsp3) is 0.562. The van der Waals surface area contributed by atoms with Crippen LogP contribution in [0.1, 0.15) is 19.8 Å². The molecule has 1 aliphatic carbocycles. The number of carbonyl (C=O) groups is 1. The van der Waals surface area contributed by atoms with Crippen LogP contribution in [0.15, 0.2) is 29.2 Å². The zero-order valence-electron chi connectivity index (χ0n) is 14.6. The molecule has 1 amide bonds. The van der Waals surface area contributed by atoms with Crippen LogP contribution < -0.4 is 20.9 Å². The molecular weight excluding hydrogens is 398 g/mol. The van der Waals surface area contributed by atoms with E-state index >= 15 is 0 Å². The molecule has 1 aliphatic rings. The summed E-state index contributed by atoms with van der Waals surface area (Å²) in [6.07, 6.45) is 2.25. The Morgan fingerprint density at radius 1 is 1.35 bits per heavy atom. The minimum Gasteiger partial charge on any atom is -0.493 e. The van der Waals surface area contributed by atoms with Crippen molar-refractivity contribution in [1.82, 2.24) is 5.32 Å². The third kappa shape index (κ3) is 6.96. The van der Waals surface area contributed by atoms with E-state index in [0.29, 0.717) is 36.3 Å². The lowest BCUT2D eigenvalue weighted by atomic mass is 9.96. The first-order valence-electron chi connectivity index (χ1n) is 8.09. The van der Waals surface area contributed by atoms with Crippen LogP contribution in [0.25, 0.3) is 0 Å². The molecule has 5 N–H and O–H groups in total. The van der Waals surface area contributed by atoms with Crippen molar-refractivity contribution in [3.8, 4) is 5.75 Å². The quantitative estimate of drug-likeness (QED) is 0.484. The first-order valence-corrected chi connectivity index (χ1v) is 10.8. The Morgan fingerprint density at radius 2 is 1.96 bits per heavy atom. The number of ether oxygens (including phenoxy) is 1. The lowest BCUT2D eigenvalue weighted by Crippen LogP contribution is -2.53. The summed E-state index contributed by atoms with van der Waals surface area (Å²) in [7, 11) is -3.69. The van der Waals surface area contributed by atoms with E-state index in [1.807, 2.05) is 6.92 Å². The van der Waals surface area contributed by atoms with Gasteiger partial charge in [-0.25, -0.2) is 13.6 Å². The highest BCUT2D eigenvalue weighted by atomic mass is 35.5. The summed E-state index contributed by atoms with van der Waals surface area (Å²) in [5, 5.41) is 8.07. The van der Waals surface area contributed by atoms with Crippen LogP contribution in [0, 0.1) is 5.92 Å². The van der Waals surface area contributed by atoms with E-state index in [4.69, 9.17) is 15.6 Å². The standard InChI is InChI=1S/C16H25N3O4S2.ClH/c1-16(11-17,12-2-3-12)19-15(20)10-24-9-8-23-13-4-6-14(7-5-13)25(18,21)22;/h4-7,12H,2-3,8-11,17H2,1H3,(H,19,20)(H2,18,21,22);1H. The number of nitrogens with two attached hydrogens (primary N) is 2. The fourth-order valence-electron chi connectivity index (χ4n) is 2.50. The van der Waals surface area contributed by atoms with E-state index in [9.17, 15) is 13.2 Å². The van der Waals surface area contributed by atoms with Crippen molar-refractivity contribution in [2.24, 2.45) is 16.8 Å². The second kappa shape index (κ2) is 9.80. The molecule has 0 bridgehead atoms. The summed E-state index contributed by atoms with van der Waals surface area (Å²) in [4.78, 5) is 12.1. The highest BCUT2D eigenvalue weighted by molar-refractivity contribution is 7.99. The van der Waals surface area contributed by atoms with E-state index in [1.54, 1.807) is 12.1 Å². The topological polar surface area (TPSA) is 125 Å². The number of halogens is 1. The summed E-state index contributed by atoms with van der Waals surface area (Å²) >= 11 is 1.48. The lowest BCUT2D eigenvalue weighted by molar-refractivity contribution is -0.120. The second-order valence-corrected chi connectivity index (χ2v) is 9.03. The smallest absolute Gasteiger partial charge is 0.238 e. The van der Waals surface area contributed by atoms with Gasteiger partial charge in [0.25, 0.3) is 0 Å². The van der Waals surface area contributed by atoms with E-state index in [0.717, 1.165) is 12.8 Å². The molecule has 26 heavy (non-hydrogen) atoms. The van der Waals surface area contributed by atoms with Crippen molar-refractivity contribution in [2.45, 2.75) is 30.2 Å². The van der Waals surface area contributed by atoms with Gasteiger partial charge in [0.2, 0.25) is 15.9 Å². The Bertz CT molecular complexity index is 696. The van der Waals surface area contributed by atoms with E-state index in [1.165, 1.54) is 23.9 Å². The Hall–Kier alpha value is -1.00. The van der Waals surface area contributed by atoms with Crippen molar-refractivity contribution in [1.29, 1.82) is 0 Å². The highest BCUT2D eigenvalue weighted by Gasteiger charge is 2.41. The van der Waals surface area contributed by atoms with Gasteiger partial charge in [-0.15, -0.1) is 24.2 Å². The van der Waals surface area contributed by atoms with Gasteiger partial charge in [-0.2, -0.15) is 0 Å². The summed E-state index contributed by atoms with van der Waals surface area (Å²) in [6, 6.07) is 5.91. The number of hydrogen-bond acceptors (Lipinski definition) is 6. The van der Waals surface area contributed by atoms with Crippen molar-refractivity contribution in [3.05, 3.63) is 24.3 Å². The number of carbonyl (C=O) groups excluding carboxylic acids is 1. The van der Waals surface area contributed by atoms with Crippen LogP contribution in [0.4, 0.5) is 0 Å². The fourth-order valence-corrected chi connectivity index (χ4v) is 3.62. The molecule has 0 aromatic heterocycles. The van der Waals surface area contributed by atoms with Crippen LogP contribution in [0.2, 0.25) is 0 Å². The van der Waals surface area contributed by atoms with Crippen LogP contribution in [-0.4, -0.2) is 44.5 Å². The van der Waals surface area contributed by atoms with Crippen molar-refractivity contribution < 1.29 is 17.9 Å². The zero-order chi connectivity index (χ0) is 18.5. The number of nitrogens with one attached hydrogen (secondary N) is 1. The minimum absolute atomic E-state index is 0. The third-order valence-corrected chi connectivity index (χ3v) is 6.06. The van der Waals surface area contributed by atoms with Gasteiger partial charge in [-0.1, -0.05) is 0 Å². The average molecular weight is 424 g/mol. The Morgan fingerprint density at radius 3 is 2.46 bits per heavy atom. The maximum atomic E-state index is 12.0. The van der Waals surface area contributed by atoms with Crippen LogP contribution >= 0.6 is 24.2 Å². The van der Waals surface area contributed by atoms with Crippen LogP contribution in [0.3, 0.4) is 0 Å². The molecule has 1 unspecified atom stereocenters. The minimum atomic E-state index is -3.69. The molecule has 1 saturated carbocycles. The number of thioether (sulfide) groups is 1. The maximum absolute atomic E-state index is 12.0. The molecule has 2 rings (SSSR count). The normalized spacial score (nSPS) is 16.3. The Kier molecular flexibility index (Phi) is 8.68. The largest absolute Gasteiger partial charge is 0.493 e. The van der Waals surface area contributed by atoms with Crippen molar-refractivity contribution in [2.75, 3.05) is 24.7 Å². The van der Waals surface area contributed by atoms with Gasteiger partial charge in [-0.3, -0.25) is 4.79 Å². The first-order chi connectivity index (χ1) is 11.7. The molecule has 148 valence electrons. The summed E-state index contributed by atoms with van der Waals surface area (Å²) in [5.41, 5.74) is 5.50. The van der Waals surface area contributed by atoms with Crippen LogP contribution in [0.5, 0.6) is 5.75 Å². The molecule has 7 nitrogen and oxygen atoms in total. The molecule has 1 fully saturated rings. The van der Waals surface area contributed by atoms with Gasteiger partial charge < -0.3 is 15.8 Å². The first kappa shape index (κ1) is 23.0. The Balaban J connectivity index is 0.00000338. The summed E-state index contributed by atoms with van der Waals surface area (Å²) < 4.78 is 27.8. The molecule has 1 atom stereocenters. The third-order valence-electron chi connectivity index (χ3n) is 4.21. The highest BCUT2D eigenvalue weighted by Crippen LogP contribution is 2.38. The van der Waals surface area contributed by atoms with E-state index in [2.05, 4.69) is 5.32 Å². The predicted molar refractivity (Wildman–Crippen MR) is 106 cm³/mol. The second-order valence-electron chi connectivity index (χ2n) is 6.36. The zero-order valence-corrected chi connectivity index (χ0v) is 17.1. The summed E-state index contributed by atoms with van der Waals surface area (Å²) in [6.45, 7) is 2.87. The number of hydrogen-bond donors (Lipinski definition) is 3. The molecular formula is C16H26ClN3O4S2. The Labute approximate surface area is 165 Å². The lowest BCUT2D eigenvalue weighted by Gasteiger charge is -2.29. The van der Waals surface area contributed by atoms with Gasteiger partial charge >= 0.3 is 0 Å². The molecule has 0 aliphatic heterocycles. The van der Waals surface area contributed by atoms with Gasteiger partial charge in [0.1, 0.15) is 5.75 Å². The SMILES string of the molecule is CC(CN)(NC(=O)CSCCOc1ccc(S(N)(=O)=O)cc1)C1CC1.Cl. The monoisotopic (exact) mass is 423 g/mol. The number of rotatable bonds is 10. The van der Waals surface area contributed by atoms with Gasteiger partial charge in [0.05, 0.1) is 22.8 Å². The molecule has 1 aromatic carbocycles.